The minimum atomic E-state index is -0.312. The molecule has 0 saturated heterocycles. The lowest BCUT2D eigenvalue weighted by Gasteiger charge is -2.10. The van der Waals surface area contributed by atoms with E-state index in [1.165, 1.54) is 11.8 Å². The Morgan fingerprint density at radius 2 is 1.89 bits per heavy atom. The molecule has 1 N–H and O–H groups in total. The van der Waals surface area contributed by atoms with Crippen LogP contribution in [-0.4, -0.2) is 12.1 Å². The van der Waals surface area contributed by atoms with Crippen LogP contribution in [0.15, 0.2) is 76.3 Å². The van der Waals surface area contributed by atoms with E-state index in [9.17, 15) is 4.79 Å². The molecule has 1 amide bonds. The van der Waals surface area contributed by atoms with Gasteiger partial charge in [0.15, 0.2) is 0 Å². The third kappa shape index (κ3) is 5.44. The topological polar surface area (TPSA) is 50.7 Å². The van der Waals surface area contributed by atoms with Crippen LogP contribution in [0.25, 0.3) is 0 Å². The van der Waals surface area contributed by atoms with Crippen molar-refractivity contribution in [1.29, 1.82) is 0 Å². The first-order valence-corrected chi connectivity index (χ1v) is 9.76. The van der Waals surface area contributed by atoms with Crippen LogP contribution in [-0.2, 0) is 6.61 Å². The van der Waals surface area contributed by atoms with Crippen LogP contribution >= 0.6 is 27.5 Å². The van der Waals surface area contributed by atoms with Crippen molar-refractivity contribution in [3.05, 3.63) is 98.5 Å². The van der Waals surface area contributed by atoms with Gasteiger partial charge in [-0.05, 0) is 58.7 Å². The Labute approximate surface area is 177 Å². The number of nitrogens with one attached hydrogen (secondary N) is 1. The number of hydrogen-bond donors (Lipinski definition) is 1. The minimum Gasteiger partial charge on any atom is -0.488 e. The van der Waals surface area contributed by atoms with Crippen LogP contribution in [0.2, 0.25) is 5.02 Å². The molecule has 0 spiro atoms. The van der Waals surface area contributed by atoms with Crippen molar-refractivity contribution in [2.45, 2.75) is 13.5 Å². The molecule has 0 aliphatic heterocycles. The average molecular weight is 458 g/mol. The molecule has 0 aliphatic rings. The van der Waals surface area contributed by atoms with Gasteiger partial charge in [-0.2, -0.15) is 5.10 Å². The SMILES string of the molecule is Cc1ccc(COc2ccc(Cl)cc2/C=N\NC(=O)c2ccccc2Br)cc1. The van der Waals surface area contributed by atoms with Gasteiger partial charge in [0.25, 0.3) is 5.91 Å². The third-order valence-corrected chi connectivity index (χ3v) is 4.90. The Morgan fingerprint density at radius 3 is 2.64 bits per heavy atom. The third-order valence-electron chi connectivity index (χ3n) is 3.97. The van der Waals surface area contributed by atoms with Crippen molar-refractivity contribution in [2.75, 3.05) is 0 Å². The van der Waals surface area contributed by atoms with Crippen LogP contribution < -0.4 is 10.2 Å². The smallest absolute Gasteiger partial charge is 0.272 e. The second-order valence-electron chi connectivity index (χ2n) is 6.14. The summed E-state index contributed by atoms with van der Waals surface area (Å²) in [7, 11) is 0. The van der Waals surface area contributed by atoms with Crippen molar-refractivity contribution in [3.63, 3.8) is 0 Å². The number of rotatable bonds is 6. The maximum atomic E-state index is 12.2. The fourth-order valence-electron chi connectivity index (χ4n) is 2.46. The molecule has 0 saturated carbocycles. The second-order valence-corrected chi connectivity index (χ2v) is 7.43. The molecule has 4 nitrogen and oxygen atoms in total. The van der Waals surface area contributed by atoms with Gasteiger partial charge in [-0.15, -0.1) is 0 Å². The van der Waals surface area contributed by atoms with Crippen molar-refractivity contribution >= 4 is 39.7 Å². The van der Waals surface area contributed by atoms with Gasteiger partial charge in [0, 0.05) is 15.1 Å². The lowest BCUT2D eigenvalue weighted by Crippen LogP contribution is -2.18. The molecule has 142 valence electrons. The van der Waals surface area contributed by atoms with Gasteiger partial charge in [0.2, 0.25) is 0 Å². The first-order valence-electron chi connectivity index (χ1n) is 8.59. The molecule has 3 aromatic carbocycles. The van der Waals surface area contributed by atoms with Gasteiger partial charge < -0.3 is 4.74 Å². The molecule has 0 radical (unpaired) electrons. The number of halogens is 2. The van der Waals surface area contributed by atoms with Crippen molar-refractivity contribution < 1.29 is 9.53 Å². The maximum Gasteiger partial charge on any atom is 0.272 e. The molecule has 0 atom stereocenters. The van der Waals surface area contributed by atoms with Gasteiger partial charge in [0.1, 0.15) is 12.4 Å². The number of carbonyl (C=O) groups is 1. The number of hydrazone groups is 1. The largest absolute Gasteiger partial charge is 0.488 e. The maximum absolute atomic E-state index is 12.2. The number of hydrogen-bond acceptors (Lipinski definition) is 3. The van der Waals surface area contributed by atoms with Gasteiger partial charge in [-0.25, -0.2) is 5.43 Å². The molecule has 3 rings (SSSR count). The Bertz CT molecular complexity index is 1000. The zero-order chi connectivity index (χ0) is 19.9. The predicted octanol–water partition coefficient (Wildman–Crippen LogP) is 5.75. The number of nitrogens with zero attached hydrogens (tertiary/aromatic N) is 1. The summed E-state index contributed by atoms with van der Waals surface area (Å²) in [5.41, 5.74) is 5.95. The summed E-state index contributed by atoms with van der Waals surface area (Å²) < 4.78 is 6.61. The van der Waals surface area contributed by atoms with Crippen molar-refractivity contribution in [2.24, 2.45) is 5.10 Å². The van der Waals surface area contributed by atoms with Crippen molar-refractivity contribution in [1.82, 2.24) is 5.43 Å². The zero-order valence-electron chi connectivity index (χ0n) is 15.2. The lowest BCUT2D eigenvalue weighted by molar-refractivity contribution is 0.0954. The molecule has 0 heterocycles. The molecule has 28 heavy (non-hydrogen) atoms. The standard InChI is InChI=1S/C22H18BrClN2O2/c1-15-6-8-16(9-7-15)14-28-21-11-10-18(24)12-17(21)13-25-26-22(27)19-4-2-3-5-20(19)23/h2-13H,14H2,1H3,(H,26,27)/b25-13-. The molecule has 0 unspecified atom stereocenters. The summed E-state index contributed by atoms with van der Waals surface area (Å²) >= 11 is 9.45. The number of carbonyl (C=O) groups excluding carboxylic acids is 1. The highest BCUT2D eigenvalue weighted by atomic mass is 79.9. The monoisotopic (exact) mass is 456 g/mol. The molecular formula is C22H18BrClN2O2. The van der Waals surface area contributed by atoms with Crippen LogP contribution in [0.3, 0.4) is 0 Å². The van der Waals surface area contributed by atoms with E-state index in [0.29, 0.717) is 33.0 Å². The van der Waals surface area contributed by atoms with E-state index in [-0.39, 0.29) is 5.91 Å². The summed E-state index contributed by atoms with van der Waals surface area (Å²) in [6.45, 7) is 2.47. The number of aryl methyl sites for hydroxylation is 1. The minimum absolute atomic E-state index is 0.312. The fraction of sp³-hybridized carbons (Fsp3) is 0.0909. The molecule has 0 fully saturated rings. The number of ether oxygens (including phenoxy) is 1. The van der Waals surface area contributed by atoms with E-state index in [2.05, 4.69) is 26.5 Å². The Balaban J connectivity index is 1.69. The molecule has 6 heteroatoms. The van der Waals surface area contributed by atoms with E-state index in [0.717, 1.165) is 5.56 Å². The highest BCUT2D eigenvalue weighted by Crippen LogP contribution is 2.22. The van der Waals surface area contributed by atoms with E-state index in [4.69, 9.17) is 16.3 Å². The average Bonchev–Trinajstić information content (AvgIpc) is 2.69. The normalized spacial score (nSPS) is 10.8. The van der Waals surface area contributed by atoms with E-state index in [1.807, 2.05) is 37.3 Å². The molecule has 0 aliphatic carbocycles. The first kappa shape index (κ1) is 20.1. The Kier molecular flexibility index (Phi) is 6.85. The predicted molar refractivity (Wildman–Crippen MR) is 116 cm³/mol. The van der Waals surface area contributed by atoms with Crippen LogP contribution in [0, 0.1) is 6.92 Å². The Morgan fingerprint density at radius 1 is 1.14 bits per heavy atom. The van der Waals surface area contributed by atoms with Gasteiger partial charge >= 0.3 is 0 Å². The summed E-state index contributed by atoms with van der Waals surface area (Å²) in [4.78, 5) is 12.2. The van der Waals surface area contributed by atoms with Crippen LogP contribution in [0.5, 0.6) is 5.75 Å². The number of benzene rings is 3. The molecule has 3 aromatic rings. The van der Waals surface area contributed by atoms with Crippen LogP contribution in [0.4, 0.5) is 0 Å². The van der Waals surface area contributed by atoms with Crippen molar-refractivity contribution in [3.8, 4) is 5.75 Å². The number of amides is 1. The fourth-order valence-corrected chi connectivity index (χ4v) is 3.11. The van der Waals surface area contributed by atoms with E-state index in [1.54, 1.807) is 36.4 Å². The van der Waals surface area contributed by atoms with E-state index >= 15 is 0 Å². The molecule has 0 bridgehead atoms. The highest BCUT2D eigenvalue weighted by molar-refractivity contribution is 9.10. The van der Waals surface area contributed by atoms with Gasteiger partial charge in [-0.3, -0.25) is 4.79 Å². The summed E-state index contributed by atoms with van der Waals surface area (Å²) in [6, 6.07) is 20.5. The quantitative estimate of drug-likeness (QED) is 0.378. The molecule has 0 aromatic heterocycles. The summed E-state index contributed by atoms with van der Waals surface area (Å²) in [5.74, 6) is 0.316. The first-order chi connectivity index (χ1) is 13.5. The van der Waals surface area contributed by atoms with Gasteiger partial charge in [-0.1, -0.05) is 53.6 Å². The lowest BCUT2D eigenvalue weighted by atomic mass is 10.1. The van der Waals surface area contributed by atoms with Gasteiger partial charge in [0.05, 0.1) is 11.8 Å². The Hall–Kier alpha value is -2.63. The summed E-state index contributed by atoms with van der Waals surface area (Å²) in [5, 5.41) is 4.60. The van der Waals surface area contributed by atoms with Crippen LogP contribution in [0.1, 0.15) is 27.0 Å². The zero-order valence-corrected chi connectivity index (χ0v) is 17.5. The van der Waals surface area contributed by atoms with E-state index < -0.39 is 0 Å². The highest BCUT2D eigenvalue weighted by Gasteiger charge is 2.08. The molecular weight excluding hydrogens is 440 g/mol. The summed E-state index contributed by atoms with van der Waals surface area (Å²) in [6.07, 6.45) is 1.52. The second kappa shape index (κ2) is 9.53.